The smallest absolute Gasteiger partial charge is 0.391 e. The lowest BCUT2D eigenvalue weighted by atomic mass is 9.85. The molecule has 2 nitrogen and oxygen atoms in total. The lowest BCUT2D eigenvalue weighted by Crippen LogP contribution is -2.38. The fourth-order valence-electron chi connectivity index (χ4n) is 3.00. The van der Waals surface area contributed by atoms with Crippen molar-refractivity contribution in [3.05, 3.63) is 35.4 Å². The molecule has 0 saturated heterocycles. The van der Waals surface area contributed by atoms with E-state index in [0.29, 0.717) is 12.8 Å². The number of nitrogens with one attached hydrogen (secondary N) is 1. The van der Waals surface area contributed by atoms with Gasteiger partial charge in [-0.2, -0.15) is 13.2 Å². The first kappa shape index (κ1) is 16.3. The fourth-order valence-corrected chi connectivity index (χ4v) is 3.00. The zero-order valence-electron chi connectivity index (χ0n) is 12.2. The molecule has 1 aromatic rings. The molecule has 0 amide bonds. The largest absolute Gasteiger partial charge is 0.392 e. The highest BCUT2D eigenvalue weighted by Crippen LogP contribution is 2.37. The molecule has 0 radical (unpaired) electrons. The third-order valence-electron chi connectivity index (χ3n) is 4.31. The van der Waals surface area contributed by atoms with E-state index in [1.807, 2.05) is 31.2 Å². The summed E-state index contributed by atoms with van der Waals surface area (Å²) < 4.78 is 37.9. The molecule has 0 spiro atoms. The highest BCUT2D eigenvalue weighted by molar-refractivity contribution is 5.25. The van der Waals surface area contributed by atoms with Crippen molar-refractivity contribution in [2.24, 2.45) is 5.92 Å². The molecule has 1 fully saturated rings. The van der Waals surface area contributed by atoms with Crippen LogP contribution in [0.4, 0.5) is 13.2 Å². The van der Waals surface area contributed by atoms with Crippen molar-refractivity contribution in [3.8, 4) is 0 Å². The number of hydrogen-bond donors (Lipinski definition) is 2. The van der Waals surface area contributed by atoms with E-state index in [1.54, 1.807) is 0 Å². The van der Waals surface area contributed by atoms with Crippen molar-refractivity contribution in [2.75, 3.05) is 0 Å². The maximum absolute atomic E-state index is 12.6. The molecular weight excluding hydrogens is 279 g/mol. The molecule has 0 aromatic heterocycles. The lowest BCUT2D eigenvalue weighted by Gasteiger charge is -2.32. The summed E-state index contributed by atoms with van der Waals surface area (Å²) in [4.78, 5) is 0. The highest BCUT2D eigenvalue weighted by Gasteiger charge is 2.41. The molecule has 2 N–H and O–H groups in total. The average molecular weight is 301 g/mol. The predicted molar refractivity (Wildman–Crippen MR) is 75.7 cm³/mol. The van der Waals surface area contributed by atoms with Crippen LogP contribution in [-0.4, -0.2) is 17.3 Å². The van der Waals surface area contributed by atoms with Gasteiger partial charge < -0.3 is 10.4 Å². The van der Waals surface area contributed by atoms with Gasteiger partial charge >= 0.3 is 6.18 Å². The summed E-state index contributed by atoms with van der Waals surface area (Å²) >= 11 is 0. The Labute approximate surface area is 123 Å². The van der Waals surface area contributed by atoms with Gasteiger partial charge in [0.05, 0.1) is 12.5 Å². The number of halogens is 3. The molecule has 0 bridgehead atoms. The highest BCUT2D eigenvalue weighted by atomic mass is 19.4. The fraction of sp³-hybridized carbons (Fsp3) is 0.625. The molecule has 0 heterocycles. The predicted octanol–water partition coefficient (Wildman–Crippen LogP) is 3.95. The van der Waals surface area contributed by atoms with Gasteiger partial charge in [-0.05, 0) is 43.7 Å². The van der Waals surface area contributed by atoms with Crippen LogP contribution >= 0.6 is 0 Å². The van der Waals surface area contributed by atoms with Gasteiger partial charge in [-0.1, -0.05) is 24.3 Å². The van der Waals surface area contributed by atoms with Gasteiger partial charge in [0.15, 0.2) is 0 Å². The molecule has 1 saturated carbocycles. The van der Waals surface area contributed by atoms with Crippen LogP contribution in [0.1, 0.15) is 49.8 Å². The summed E-state index contributed by atoms with van der Waals surface area (Å²) in [7, 11) is 0. The second kappa shape index (κ2) is 6.79. The summed E-state index contributed by atoms with van der Waals surface area (Å²) in [6, 6.07) is 7.85. The summed E-state index contributed by atoms with van der Waals surface area (Å²) in [6.07, 6.45) is -2.50. The molecular formula is C16H22F3NO. The third kappa shape index (κ3) is 4.45. The minimum Gasteiger partial charge on any atom is -0.392 e. The van der Waals surface area contributed by atoms with Gasteiger partial charge in [-0.25, -0.2) is 0 Å². The Morgan fingerprint density at radius 2 is 1.90 bits per heavy atom. The Kier molecular flexibility index (Phi) is 5.27. The van der Waals surface area contributed by atoms with Gasteiger partial charge in [0.2, 0.25) is 0 Å². The van der Waals surface area contributed by atoms with Crippen LogP contribution in [0.25, 0.3) is 0 Å². The molecule has 5 heteroatoms. The second-order valence-corrected chi connectivity index (χ2v) is 5.88. The first-order valence-electron chi connectivity index (χ1n) is 7.42. The minimum atomic E-state index is -4.05. The number of alkyl halides is 3. The standard InChI is InChI=1S/C16H22F3NO/c1-11(13-4-2-3-12(9-13)10-21)20-15-7-5-14(6-8-15)16(17,18)19/h2-4,9,11,14-15,20-21H,5-8,10H2,1H3. The van der Waals surface area contributed by atoms with E-state index >= 15 is 0 Å². The average Bonchev–Trinajstić information content (AvgIpc) is 2.47. The van der Waals surface area contributed by atoms with Crippen molar-refractivity contribution >= 4 is 0 Å². The zero-order valence-corrected chi connectivity index (χ0v) is 12.2. The molecule has 1 aromatic carbocycles. The van der Waals surface area contributed by atoms with Crippen molar-refractivity contribution in [3.63, 3.8) is 0 Å². The zero-order chi connectivity index (χ0) is 15.5. The second-order valence-electron chi connectivity index (χ2n) is 5.88. The normalized spacial score (nSPS) is 24.8. The monoisotopic (exact) mass is 301 g/mol. The number of rotatable bonds is 4. The maximum Gasteiger partial charge on any atom is 0.391 e. The van der Waals surface area contributed by atoms with Crippen molar-refractivity contribution in [2.45, 2.75) is 57.5 Å². The molecule has 0 aliphatic heterocycles. The number of aliphatic hydroxyl groups is 1. The number of benzene rings is 1. The quantitative estimate of drug-likeness (QED) is 0.882. The Morgan fingerprint density at radius 1 is 1.24 bits per heavy atom. The molecule has 1 aliphatic rings. The summed E-state index contributed by atoms with van der Waals surface area (Å²) in [5.41, 5.74) is 1.90. The van der Waals surface area contributed by atoms with Crippen LogP contribution in [0.3, 0.4) is 0 Å². The van der Waals surface area contributed by atoms with Crippen LogP contribution in [0.2, 0.25) is 0 Å². The van der Waals surface area contributed by atoms with Crippen LogP contribution in [0.15, 0.2) is 24.3 Å². The van der Waals surface area contributed by atoms with Gasteiger partial charge in [0, 0.05) is 12.1 Å². The van der Waals surface area contributed by atoms with Crippen LogP contribution < -0.4 is 5.32 Å². The van der Waals surface area contributed by atoms with E-state index in [2.05, 4.69) is 5.32 Å². The SMILES string of the molecule is CC(NC1CCC(C(F)(F)F)CC1)c1cccc(CO)c1. The molecule has 118 valence electrons. The van der Waals surface area contributed by atoms with Crippen molar-refractivity contribution in [1.29, 1.82) is 0 Å². The van der Waals surface area contributed by atoms with E-state index in [0.717, 1.165) is 11.1 Å². The Bertz CT molecular complexity index is 453. The van der Waals surface area contributed by atoms with Crippen LogP contribution in [0, 0.1) is 5.92 Å². The van der Waals surface area contributed by atoms with Gasteiger partial charge in [-0.3, -0.25) is 0 Å². The number of aliphatic hydroxyl groups excluding tert-OH is 1. The van der Waals surface area contributed by atoms with Gasteiger partial charge in [-0.15, -0.1) is 0 Å². The third-order valence-corrected chi connectivity index (χ3v) is 4.31. The Balaban J connectivity index is 1.88. The van der Waals surface area contributed by atoms with E-state index < -0.39 is 12.1 Å². The summed E-state index contributed by atoms with van der Waals surface area (Å²) in [5.74, 6) is -1.14. The molecule has 2 rings (SSSR count). The number of hydrogen-bond acceptors (Lipinski definition) is 2. The Morgan fingerprint density at radius 3 is 2.48 bits per heavy atom. The van der Waals surface area contributed by atoms with Crippen LogP contribution in [0.5, 0.6) is 0 Å². The van der Waals surface area contributed by atoms with E-state index in [1.165, 1.54) is 0 Å². The molecule has 1 unspecified atom stereocenters. The topological polar surface area (TPSA) is 32.3 Å². The lowest BCUT2D eigenvalue weighted by molar-refractivity contribution is -0.182. The molecule has 1 aliphatic carbocycles. The molecule has 1 atom stereocenters. The maximum atomic E-state index is 12.6. The first-order valence-corrected chi connectivity index (χ1v) is 7.42. The molecule has 21 heavy (non-hydrogen) atoms. The summed E-state index contributed by atoms with van der Waals surface area (Å²) in [5, 5.41) is 12.6. The van der Waals surface area contributed by atoms with Gasteiger partial charge in [0.1, 0.15) is 0 Å². The minimum absolute atomic E-state index is 0.00273. The van der Waals surface area contributed by atoms with Gasteiger partial charge in [0.25, 0.3) is 0 Å². The van der Waals surface area contributed by atoms with Crippen molar-refractivity contribution < 1.29 is 18.3 Å². The van der Waals surface area contributed by atoms with E-state index in [4.69, 9.17) is 5.11 Å². The summed E-state index contributed by atoms with van der Waals surface area (Å²) in [6.45, 7) is 2.00. The van der Waals surface area contributed by atoms with Crippen LogP contribution in [-0.2, 0) is 6.61 Å². The van der Waals surface area contributed by atoms with Crippen molar-refractivity contribution in [1.82, 2.24) is 5.32 Å². The Hall–Kier alpha value is -1.07. The van der Waals surface area contributed by atoms with E-state index in [-0.39, 0.29) is 31.5 Å². The van der Waals surface area contributed by atoms with E-state index in [9.17, 15) is 13.2 Å². The first-order chi connectivity index (χ1) is 9.90.